The van der Waals surface area contributed by atoms with Crippen LogP contribution < -0.4 is 5.32 Å². The standard InChI is InChI=1S/C15H21N3O/c1-12(2)18-10-13(9-17-18)8-16-15(11-19)14-6-4-3-5-7-14/h3-7,9-10,12,15-16,19H,8,11H2,1-2H3/t15-/m0/s1. The Labute approximate surface area is 114 Å². The van der Waals surface area contributed by atoms with Crippen LogP contribution in [0.5, 0.6) is 0 Å². The molecule has 0 aliphatic carbocycles. The molecule has 1 heterocycles. The van der Waals surface area contributed by atoms with Crippen LogP contribution in [0.2, 0.25) is 0 Å². The van der Waals surface area contributed by atoms with Gasteiger partial charge in [-0.2, -0.15) is 5.10 Å². The third-order valence-electron chi connectivity index (χ3n) is 3.12. The lowest BCUT2D eigenvalue weighted by Crippen LogP contribution is -2.23. The molecule has 0 unspecified atom stereocenters. The highest BCUT2D eigenvalue weighted by molar-refractivity contribution is 5.19. The predicted molar refractivity (Wildman–Crippen MR) is 75.7 cm³/mol. The van der Waals surface area contributed by atoms with Gasteiger partial charge in [0.1, 0.15) is 0 Å². The van der Waals surface area contributed by atoms with Crippen molar-refractivity contribution >= 4 is 0 Å². The van der Waals surface area contributed by atoms with Crippen molar-refractivity contribution in [1.82, 2.24) is 15.1 Å². The Morgan fingerprint density at radius 3 is 2.58 bits per heavy atom. The second kappa shape index (κ2) is 6.50. The van der Waals surface area contributed by atoms with Gasteiger partial charge in [-0.1, -0.05) is 30.3 Å². The molecule has 0 aliphatic heterocycles. The second-order valence-corrected chi connectivity index (χ2v) is 4.95. The molecule has 0 radical (unpaired) electrons. The smallest absolute Gasteiger partial charge is 0.0626 e. The average molecular weight is 259 g/mol. The first-order valence-electron chi connectivity index (χ1n) is 6.63. The average Bonchev–Trinajstić information content (AvgIpc) is 2.90. The maximum Gasteiger partial charge on any atom is 0.0626 e. The first-order chi connectivity index (χ1) is 9.20. The van der Waals surface area contributed by atoms with Crippen molar-refractivity contribution in [2.45, 2.75) is 32.5 Å². The summed E-state index contributed by atoms with van der Waals surface area (Å²) in [5.74, 6) is 0. The van der Waals surface area contributed by atoms with Gasteiger partial charge < -0.3 is 10.4 Å². The van der Waals surface area contributed by atoms with Crippen LogP contribution in [0.3, 0.4) is 0 Å². The summed E-state index contributed by atoms with van der Waals surface area (Å²) in [7, 11) is 0. The van der Waals surface area contributed by atoms with E-state index in [1.165, 1.54) is 0 Å². The molecule has 0 aliphatic rings. The lowest BCUT2D eigenvalue weighted by molar-refractivity contribution is 0.243. The zero-order valence-electron chi connectivity index (χ0n) is 11.5. The van der Waals surface area contributed by atoms with Crippen LogP contribution in [0.25, 0.3) is 0 Å². The van der Waals surface area contributed by atoms with Crippen molar-refractivity contribution in [3.05, 3.63) is 53.9 Å². The van der Waals surface area contributed by atoms with E-state index in [4.69, 9.17) is 0 Å². The fourth-order valence-corrected chi connectivity index (χ4v) is 1.97. The van der Waals surface area contributed by atoms with Gasteiger partial charge in [-0.15, -0.1) is 0 Å². The molecule has 19 heavy (non-hydrogen) atoms. The molecule has 0 saturated carbocycles. The molecule has 4 nitrogen and oxygen atoms in total. The van der Waals surface area contributed by atoms with E-state index in [0.29, 0.717) is 12.6 Å². The van der Waals surface area contributed by atoms with Gasteiger partial charge in [0.2, 0.25) is 0 Å². The summed E-state index contributed by atoms with van der Waals surface area (Å²) in [6.07, 6.45) is 3.91. The van der Waals surface area contributed by atoms with E-state index in [0.717, 1.165) is 11.1 Å². The van der Waals surface area contributed by atoms with Gasteiger partial charge in [0.05, 0.1) is 18.8 Å². The molecule has 1 atom stereocenters. The highest BCUT2D eigenvalue weighted by Gasteiger charge is 2.10. The first kappa shape index (κ1) is 13.8. The maximum absolute atomic E-state index is 9.47. The van der Waals surface area contributed by atoms with Crippen LogP contribution in [0, 0.1) is 0 Å². The molecular formula is C15H21N3O. The molecule has 2 rings (SSSR count). The van der Waals surface area contributed by atoms with Crippen molar-refractivity contribution in [3.63, 3.8) is 0 Å². The highest BCUT2D eigenvalue weighted by Crippen LogP contribution is 2.13. The molecule has 0 amide bonds. The summed E-state index contributed by atoms with van der Waals surface area (Å²) in [5, 5.41) is 17.1. The number of aromatic nitrogens is 2. The fraction of sp³-hybridized carbons (Fsp3) is 0.400. The maximum atomic E-state index is 9.47. The molecule has 102 valence electrons. The lowest BCUT2D eigenvalue weighted by atomic mass is 10.1. The summed E-state index contributed by atoms with van der Waals surface area (Å²) < 4.78 is 1.94. The van der Waals surface area contributed by atoms with Crippen molar-refractivity contribution in [3.8, 4) is 0 Å². The van der Waals surface area contributed by atoms with Gasteiger partial charge in [-0.05, 0) is 19.4 Å². The molecule has 2 aromatic rings. The zero-order chi connectivity index (χ0) is 13.7. The largest absolute Gasteiger partial charge is 0.394 e. The van der Waals surface area contributed by atoms with E-state index >= 15 is 0 Å². The summed E-state index contributed by atoms with van der Waals surface area (Å²) in [5.41, 5.74) is 2.23. The monoisotopic (exact) mass is 259 g/mol. The molecule has 0 bridgehead atoms. The van der Waals surface area contributed by atoms with Gasteiger partial charge in [0.15, 0.2) is 0 Å². The third kappa shape index (κ3) is 3.66. The van der Waals surface area contributed by atoms with Gasteiger partial charge in [0, 0.05) is 24.3 Å². The first-order valence-corrected chi connectivity index (χ1v) is 6.63. The van der Waals surface area contributed by atoms with Gasteiger partial charge in [-0.3, -0.25) is 4.68 Å². The van der Waals surface area contributed by atoms with Crippen LogP contribution in [0.1, 0.15) is 37.1 Å². The Kier molecular flexibility index (Phi) is 4.71. The summed E-state index contributed by atoms with van der Waals surface area (Å²) in [6, 6.07) is 10.3. The number of benzene rings is 1. The molecule has 1 aromatic heterocycles. The number of aliphatic hydroxyl groups is 1. The van der Waals surface area contributed by atoms with Crippen molar-refractivity contribution in [1.29, 1.82) is 0 Å². The lowest BCUT2D eigenvalue weighted by Gasteiger charge is -2.16. The Hall–Kier alpha value is -1.65. The Morgan fingerprint density at radius 1 is 1.26 bits per heavy atom. The second-order valence-electron chi connectivity index (χ2n) is 4.95. The van der Waals surface area contributed by atoms with Crippen LogP contribution in [0.4, 0.5) is 0 Å². The van der Waals surface area contributed by atoms with Crippen LogP contribution in [-0.2, 0) is 6.54 Å². The number of nitrogens with one attached hydrogen (secondary N) is 1. The van der Waals surface area contributed by atoms with Gasteiger partial charge >= 0.3 is 0 Å². The Balaban J connectivity index is 1.96. The quantitative estimate of drug-likeness (QED) is 0.837. The summed E-state index contributed by atoms with van der Waals surface area (Å²) in [4.78, 5) is 0. The molecule has 0 spiro atoms. The molecule has 1 aromatic carbocycles. The van der Waals surface area contributed by atoms with Crippen LogP contribution in [0.15, 0.2) is 42.7 Å². The Bertz CT molecular complexity index is 493. The number of aliphatic hydroxyl groups excluding tert-OH is 1. The molecular weight excluding hydrogens is 238 g/mol. The van der Waals surface area contributed by atoms with E-state index in [2.05, 4.69) is 24.3 Å². The number of nitrogens with zero attached hydrogens (tertiary/aromatic N) is 2. The minimum absolute atomic E-state index is 0.0383. The topological polar surface area (TPSA) is 50.1 Å². The van der Waals surface area contributed by atoms with Gasteiger partial charge in [0.25, 0.3) is 0 Å². The highest BCUT2D eigenvalue weighted by atomic mass is 16.3. The van der Waals surface area contributed by atoms with Crippen molar-refractivity contribution < 1.29 is 5.11 Å². The normalized spacial score (nSPS) is 12.8. The van der Waals surface area contributed by atoms with E-state index < -0.39 is 0 Å². The van der Waals surface area contributed by atoms with E-state index in [1.54, 1.807) is 0 Å². The van der Waals surface area contributed by atoms with Crippen molar-refractivity contribution in [2.75, 3.05) is 6.61 Å². The van der Waals surface area contributed by atoms with E-state index in [-0.39, 0.29) is 12.6 Å². The minimum atomic E-state index is -0.0383. The molecule has 0 fully saturated rings. The third-order valence-corrected chi connectivity index (χ3v) is 3.12. The SMILES string of the molecule is CC(C)n1cc(CN[C@@H](CO)c2ccccc2)cn1. The molecule has 2 N–H and O–H groups in total. The summed E-state index contributed by atoms with van der Waals surface area (Å²) in [6.45, 7) is 4.99. The van der Waals surface area contributed by atoms with E-state index in [9.17, 15) is 5.11 Å². The van der Waals surface area contributed by atoms with Crippen molar-refractivity contribution in [2.24, 2.45) is 0 Å². The minimum Gasteiger partial charge on any atom is -0.394 e. The van der Waals surface area contributed by atoms with Crippen LogP contribution >= 0.6 is 0 Å². The van der Waals surface area contributed by atoms with Crippen LogP contribution in [-0.4, -0.2) is 21.5 Å². The summed E-state index contributed by atoms with van der Waals surface area (Å²) >= 11 is 0. The van der Waals surface area contributed by atoms with E-state index in [1.807, 2.05) is 47.4 Å². The molecule has 4 heteroatoms. The number of hydrogen-bond donors (Lipinski definition) is 2. The predicted octanol–water partition coefficient (Wildman–Crippen LogP) is 2.29. The number of hydrogen-bond acceptors (Lipinski definition) is 3. The number of rotatable bonds is 6. The zero-order valence-corrected chi connectivity index (χ0v) is 11.5. The van der Waals surface area contributed by atoms with Gasteiger partial charge in [-0.25, -0.2) is 0 Å². The fourth-order valence-electron chi connectivity index (χ4n) is 1.97. The molecule has 0 saturated heterocycles. The Morgan fingerprint density at radius 2 is 2.00 bits per heavy atom.